The van der Waals surface area contributed by atoms with E-state index in [1.807, 2.05) is 41.3 Å². The first-order chi connectivity index (χ1) is 17.0. The molecule has 3 aromatic rings. The van der Waals surface area contributed by atoms with E-state index in [4.69, 9.17) is 9.47 Å². The van der Waals surface area contributed by atoms with Crippen LogP contribution in [0.15, 0.2) is 48.5 Å². The van der Waals surface area contributed by atoms with E-state index >= 15 is 0 Å². The summed E-state index contributed by atoms with van der Waals surface area (Å²) < 4.78 is 11.4. The van der Waals surface area contributed by atoms with Crippen LogP contribution in [-0.2, 0) is 21.5 Å². The van der Waals surface area contributed by atoms with Gasteiger partial charge in [0.05, 0.1) is 12.6 Å². The molecule has 0 bridgehead atoms. The Morgan fingerprint density at radius 2 is 1.89 bits per heavy atom. The smallest absolute Gasteiger partial charge is 0.223 e. The van der Waals surface area contributed by atoms with Crippen molar-refractivity contribution >= 4 is 22.6 Å². The SMILES string of the molecule is COc1ccc2[nH]c3c(c2c1)CCN(C(=O)CCC(C)=O)C31CCN(CCOc2ccccc2)C1. The number of para-hydroxylation sites is 1. The van der Waals surface area contributed by atoms with Crippen molar-refractivity contribution in [2.45, 2.75) is 38.1 Å². The minimum atomic E-state index is -0.430. The molecule has 1 amide bonds. The van der Waals surface area contributed by atoms with Crippen molar-refractivity contribution in [2.24, 2.45) is 0 Å². The summed E-state index contributed by atoms with van der Waals surface area (Å²) >= 11 is 0. The number of likely N-dealkylation sites (tertiary alicyclic amines) is 1. The Hall–Kier alpha value is -3.32. The van der Waals surface area contributed by atoms with E-state index in [2.05, 4.69) is 22.0 Å². The van der Waals surface area contributed by atoms with Crippen LogP contribution in [0, 0.1) is 0 Å². The third-order valence-corrected chi connectivity index (χ3v) is 7.42. The number of carbonyl (C=O) groups is 2. The number of ether oxygens (including phenoxy) is 2. The number of nitrogens with one attached hydrogen (secondary N) is 1. The maximum Gasteiger partial charge on any atom is 0.223 e. The monoisotopic (exact) mass is 475 g/mol. The second kappa shape index (κ2) is 9.74. The Morgan fingerprint density at radius 1 is 1.06 bits per heavy atom. The second-order valence-corrected chi connectivity index (χ2v) is 9.61. The number of Topliss-reactive ketones (excluding diaryl/α,β-unsaturated/α-hetero) is 1. The molecule has 1 atom stereocenters. The summed E-state index contributed by atoms with van der Waals surface area (Å²) in [5.41, 5.74) is 3.05. The van der Waals surface area contributed by atoms with E-state index in [0.717, 1.165) is 55.2 Å². The number of aromatic nitrogens is 1. The summed E-state index contributed by atoms with van der Waals surface area (Å²) in [7, 11) is 1.68. The number of carbonyl (C=O) groups excluding carboxylic acids is 2. The number of amides is 1. The van der Waals surface area contributed by atoms with Crippen molar-refractivity contribution in [3.05, 3.63) is 59.8 Å². The van der Waals surface area contributed by atoms with Crippen LogP contribution < -0.4 is 9.47 Å². The van der Waals surface area contributed by atoms with Gasteiger partial charge in [0.25, 0.3) is 0 Å². The van der Waals surface area contributed by atoms with Crippen LogP contribution in [0.2, 0.25) is 0 Å². The Labute approximate surface area is 206 Å². The number of hydrogen-bond acceptors (Lipinski definition) is 5. The Morgan fingerprint density at radius 3 is 2.66 bits per heavy atom. The van der Waals surface area contributed by atoms with Gasteiger partial charge in [-0.25, -0.2) is 0 Å². The molecule has 2 aliphatic rings. The molecule has 3 heterocycles. The van der Waals surface area contributed by atoms with Crippen molar-refractivity contribution in [3.8, 4) is 11.5 Å². The van der Waals surface area contributed by atoms with Gasteiger partial charge in [-0.2, -0.15) is 0 Å². The number of ketones is 1. The molecular formula is C28H33N3O4. The van der Waals surface area contributed by atoms with Gasteiger partial charge in [-0.1, -0.05) is 18.2 Å². The maximum absolute atomic E-state index is 13.4. The van der Waals surface area contributed by atoms with Gasteiger partial charge in [0.1, 0.15) is 23.9 Å². The van der Waals surface area contributed by atoms with Crippen LogP contribution >= 0.6 is 0 Å². The van der Waals surface area contributed by atoms with Gasteiger partial charge in [0, 0.05) is 55.6 Å². The van der Waals surface area contributed by atoms with Gasteiger partial charge in [-0.05, 0) is 55.7 Å². The van der Waals surface area contributed by atoms with Gasteiger partial charge < -0.3 is 24.2 Å². The molecule has 7 heteroatoms. The van der Waals surface area contributed by atoms with E-state index in [1.165, 1.54) is 10.9 Å². The van der Waals surface area contributed by atoms with E-state index in [0.29, 0.717) is 13.2 Å². The summed E-state index contributed by atoms with van der Waals surface area (Å²) in [4.78, 5) is 33.1. The lowest BCUT2D eigenvalue weighted by molar-refractivity contribution is -0.140. The van der Waals surface area contributed by atoms with Gasteiger partial charge in [0.2, 0.25) is 5.91 Å². The standard InChI is InChI=1S/C28H33N3O4/c1-20(32)8-11-26(33)31-14-12-23-24-18-22(34-2)9-10-25(24)29-27(23)28(31)13-15-30(19-28)16-17-35-21-6-4-3-5-7-21/h3-7,9-10,18,29H,8,11-17,19H2,1-2H3. The normalized spacial score (nSPS) is 19.8. The molecule has 7 nitrogen and oxygen atoms in total. The largest absolute Gasteiger partial charge is 0.497 e. The highest BCUT2D eigenvalue weighted by atomic mass is 16.5. The topological polar surface area (TPSA) is 74.9 Å². The average molecular weight is 476 g/mol. The molecular weight excluding hydrogens is 442 g/mol. The van der Waals surface area contributed by atoms with Gasteiger partial charge in [0.15, 0.2) is 0 Å². The number of hydrogen-bond donors (Lipinski definition) is 1. The van der Waals surface area contributed by atoms with Crippen LogP contribution in [0.1, 0.15) is 37.4 Å². The predicted molar refractivity (Wildman–Crippen MR) is 135 cm³/mol. The molecule has 2 aliphatic heterocycles. The Bertz CT molecular complexity index is 1220. The van der Waals surface area contributed by atoms with Gasteiger partial charge in [-0.3, -0.25) is 9.69 Å². The number of fused-ring (bicyclic) bond motifs is 4. The fourth-order valence-corrected chi connectivity index (χ4v) is 5.66. The average Bonchev–Trinajstić information content (AvgIpc) is 3.46. The fourth-order valence-electron chi connectivity index (χ4n) is 5.66. The van der Waals surface area contributed by atoms with Crippen molar-refractivity contribution in [1.29, 1.82) is 0 Å². The van der Waals surface area contributed by atoms with Crippen LogP contribution in [0.5, 0.6) is 11.5 Å². The molecule has 1 N–H and O–H groups in total. The third-order valence-electron chi connectivity index (χ3n) is 7.42. The quantitative estimate of drug-likeness (QED) is 0.535. The highest BCUT2D eigenvalue weighted by Crippen LogP contribution is 2.45. The highest BCUT2D eigenvalue weighted by Gasteiger charge is 2.50. The van der Waals surface area contributed by atoms with Crippen LogP contribution in [0.4, 0.5) is 0 Å². The highest BCUT2D eigenvalue weighted by molar-refractivity contribution is 5.89. The van der Waals surface area contributed by atoms with Crippen molar-refractivity contribution in [1.82, 2.24) is 14.8 Å². The maximum atomic E-state index is 13.4. The molecule has 1 saturated heterocycles. The van der Waals surface area contributed by atoms with E-state index in [-0.39, 0.29) is 24.5 Å². The molecule has 0 radical (unpaired) electrons. The molecule has 1 fully saturated rings. The molecule has 1 spiro atoms. The second-order valence-electron chi connectivity index (χ2n) is 9.61. The zero-order valence-corrected chi connectivity index (χ0v) is 20.5. The van der Waals surface area contributed by atoms with E-state index in [9.17, 15) is 9.59 Å². The number of methoxy groups -OCH3 is 1. The third kappa shape index (κ3) is 4.52. The summed E-state index contributed by atoms with van der Waals surface area (Å²) in [5, 5.41) is 1.17. The first kappa shape index (κ1) is 23.4. The lowest BCUT2D eigenvalue weighted by Crippen LogP contribution is -2.55. The number of H-pyrrole nitrogens is 1. The summed E-state index contributed by atoms with van der Waals surface area (Å²) in [6.45, 7) is 5.21. The zero-order chi connectivity index (χ0) is 24.4. The molecule has 0 aliphatic carbocycles. The molecule has 184 valence electrons. The Kier molecular flexibility index (Phi) is 6.52. The molecule has 1 unspecified atom stereocenters. The van der Waals surface area contributed by atoms with Crippen LogP contribution in [0.25, 0.3) is 10.9 Å². The first-order valence-corrected chi connectivity index (χ1v) is 12.4. The lowest BCUT2D eigenvalue weighted by Gasteiger charge is -2.45. The number of aromatic amines is 1. The number of benzene rings is 2. The minimum Gasteiger partial charge on any atom is -0.497 e. The van der Waals surface area contributed by atoms with Crippen molar-refractivity contribution in [3.63, 3.8) is 0 Å². The molecule has 5 rings (SSSR count). The molecule has 2 aromatic carbocycles. The summed E-state index contributed by atoms with van der Waals surface area (Å²) in [6, 6.07) is 16.0. The summed E-state index contributed by atoms with van der Waals surface area (Å²) in [5.74, 6) is 1.81. The minimum absolute atomic E-state index is 0.0499. The first-order valence-electron chi connectivity index (χ1n) is 12.4. The van der Waals surface area contributed by atoms with E-state index in [1.54, 1.807) is 14.0 Å². The van der Waals surface area contributed by atoms with Crippen molar-refractivity contribution in [2.75, 3.05) is 39.9 Å². The summed E-state index contributed by atoms with van der Waals surface area (Å²) in [6.07, 6.45) is 2.18. The van der Waals surface area contributed by atoms with Crippen LogP contribution in [0.3, 0.4) is 0 Å². The zero-order valence-electron chi connectivity index (χ0n) is 20.5. The molecule has 1 aromatic heterocycles. The number of nitrogens with zero attached hydrogens (tertiary/aromatic N) is 2. The lowest BCUT2D eigenvalue weighted by atomic mass is 9.83. The van der Waals surface area contributed by atoms with Gasteiger partial charge >= 0.3 is 0 Å². The molecule has 35 heavy (non-hydrogen) atoms. The number of rotatable bonds is 8. The Balaban J connectivity index is 1.42. The van der Waals surface area contributed by atoms with Crippen molar-refractivity contribution < 1.29 is 19.1 Å². The fraction of sp³-hybridized carbons (Fsp3) is 0.429. The van der Waals surface area contributed by atoms with Gasteiger partial charge in [-0.15, -0.1) is 0 Å². The van der Waals surface area contributed by atoms with E-state index < -0.39 is 5.54 Å². The molecule has 0 saturated carbocycles. The van der Waals surface area contributed by atoms with Crippen LogP contribution in [-0.4, -0.2) is 66.4 Å². The predicted octanol–water partition coefficient (Wildman–Crippen LogP) is 3.91.